The van der Waals surface area contributed by atoms with Gasteiger partial charge in [0.15, 0.2) is 0 Å². The minimum atomic E-state index is 0.142. The zero-order chi connectivity index (χ0) is 21.0. The van der Waals surface area contributed by atoms with E-state index in [1.54, 1.807) is 0 Å². The maximum absolute atomic E-state index is 4.38. The van der Waals surface area contributed by atoms with Gasteiger partial charge in [-0.3, -0.25) is 0 Å². The molecule has 1 fully saturated rings. The number of aromatic amines is 1. The largest absolute Gasteiger partial charge is 0.387 e. The summed E-state index contributed by atoms with van der Waals surface area (Å²) in [5, 5.41) is 8.59. The van der Waals surface area contributed by atoms with Gasteiger partial charge in [0.05, 0.1) is 6.04 Å². The van der Waals surface area contributed by atoms with Gasteiger partial charge < -0.3 is 15.6 Å². The zero-order valence-electron chi connectivity index (χ0n) is 18.8. The van der Waals surface area contributed by atoms with Crippen molar-refractivity contribution < 1.29 is 0 Å². The van der Waals surface area contributed by atoms with Crippen LogP contribution in [0.5, 0.6) is 0 Å². The molecule has 0 bridgehead atoms. The third kappa shape index (κ3) is 5.26. The van der Waals surface area contributed by atoms with Crippen molar-refractivity contribution in [1.82, 2.24) is 15.6 Å². The average molecular weight is 394 g/mol. The van der Waals surface area contributed by atoms with Crippen molar-refractivity contribution in [3.05, 3.63) is 60.6 Å². The molecule has 3 atom stereocenters. The quantitative estimate of drug-likeness (QED) is 0.572. The summed E-state index contributed by atoms with van der Waals surface area (Å²) in [7, 11) is 0. The first-order valence-electron chi connectivity index (χ1n) is 11.2. The number of H-pyrrole nitrogens is 1. The van der Waals surface area contributed by atoms with E-state index in [0.29, 0.717) is 17.3 Å². The van der Waals surface area contributed by atoms with Crippen LogP contribution < -0.4 is 10.6 Å². The normalized spacial score (nSPS) is 26.7. The molecule has 1 aliphatic heterocycles. The third-order valence-electron chi connectivity index (χ3n) is 7.24. The Hall–Kier alpha value is -2.16. The first-order chi connectivity index (χ1) is 13.8. The van der Waals surface area contributed by atoms with Gasteiger partial charge in [0, 0.05) is 41.5 Å². The maximum Gasteiger partial charge on any atom is 0.0691 e. The first kappa shape index (κ1) is 21.5. The van der Waals surface area contributed by atoms with Crippen LogP contribution in [-0.2, 0) is 6.42 Å². The fraction of sp³-hybridized carbons (Fsp3) is 0.538. The van der Waals surface area contributed by atoms with Crippen molar-refractivity contribution in [2.24, 2.45) is 17.3 Å². The topological polar surface area (TPSA) is 39.9 Å². The molecule has 0 spiro atoms. The van der Waals surface area contributed by atoms with Crippen LogP contribution in [0.3, 0.4) is 0 Å². The van der Waals surface area contributed by atoms with Gasteiger partial charge in [0.2, 0.25) is 0 Å². The van der Waals surface area contributed by atoms with Crippen LogP contribution in [0, 0.1) is 17.3 Å². The molecule has 0 amide bonds. The van der Waals surface area contributed by atoms with E-state index < -0.39 is 0 Å². The lowest BCUT2D eigenvalue weighted by Crippen LogP contribution is -2.37. The number of rotatable bonds is 2. The van der Waals surface area contributed by atoms with Crippen LogP contribution >= 0.6 is 0 Å². The smallest absolute Gasteiger partial charge is 0.0691 e. The van der Waals surface area contributed by atoms with Crippen molar-refractivity contribution in [2.45, 2.75) is 65.8 Å². The minimum Gasteiger partial charge on any atom is -0.387 e. The zero-order valence-corrected chi connectivity index (χ0v) is 18.8. The van der Waals surface area contributed by atoms with E-state index in [0.717, 1.165) is 30.8 Å². The molecule has 0 radical (unpaired) electrons. The van der Waals surface area contributed by atoms with E-state index in [9.17, 15) is 0 Å². The summed E-state index contributed by atoms with van der Waals surface area (Å²) in [6.45, 7) is 19.4. The second kappa shape index (κ2) is 9.11. The van der Waals surface area contributed by atoms with Crippen LogP contribution in [0.2, 0.25) is 0 Å². The number of aromatic nitrogens is 1. The van der Waals surface area contributed by atoms with Gasteiger partial charge in [-0.15, -0.1) is 0 Å². The summed E-state index contributed by atoms with van der Waals surface area (Å²) >= 11 is 0. The number of benzene rings is 1. The molecule has 0 aliphatic carbocycles. The van der Waals surface area contributed by atoms with E-state index in [-0.39, 0.29) is 6.04 Å². The van der Waals surface area contributed by atoms with E-state index >= 15 is 0 Å². The molecule has 1 aromatic carbocycles. The lowest BCUT2D eigenvalue weighted by Gasteiger charge is -2.36. The molecule has 2 aromatic rings. The number of para-hydroxylation sites is 1. The standard InChI is InChI=1S/C26H39N3/c1-18-12-13-19(2)29-25(16-22-17-28-24-11-8-7-10-23(22)24)21(4)27-15-9-14-26(5,6)20(18)3/h7-8,10-11,17-18,20,25,27-29H,2,4,9,12-16H2,1,3,5-6H3/t18-,20?,25-/m0/s1. The SMILES string of the molecule is C=C1CC[C@H](C)C(C)C(C)(C)CCCNC(=C)[C@H](Cc2c[nH]c3ccccc23)N1. The molecular formula is C26H39N3. The van der Waals surface area contributed by atoms with E-state index in [1.165, 1.54) is 35.7 Å². The Labute approximate surface area is 177 Å². The Morgan fingerprint density at radius 2 is 1.90 bits per heavy atom. The van der Waals surface area contributed by atoms with Gasteiger partial charge in [-0.05, 0) is 54.6 Å². The number of nitrogens with one attached hydrogen (secondary N) is 3. The lowest BCUT2D eigenvalue weighted by molar-refractivity contribution is 0.143. The van der Waals surface area contributed by atoms with Crippen LogP contribution in [0.1, 0.15) is 58.9 Å². The van der Waals surface area contributed by atoms with Crippen molar-refractivity contribution in [3.8, 4) is 0 Å². The van der Waals surface area contributed by atoms with E-state index in [2.05, 4.69) is 86.9 Å². The third-order valence-corrected chi connectivity index (χ3v) is 7.24. The van der Waals surface area contributed by atoms with E-state index in [1.807, 2.05) is 0 Å². The Morgan fingerprint density at radius 1 is 1.14 bits per heavy atom. The molecule has 3 heteroatoms. The van der Waals surface area contributed by atoms with Gasteiger partial charge in [0.1, 0.15) is 0 Å². The van der Waals surface area contributed by atoms with Gasteiger partial charge >= 0.3 is 0 Å². The minimum absolute atomic E-state index is 0.142. The Balaban J connectivity index is 1.77. The lowest BCUT2D eigenvalue weighted by atomic mass is 9.70. The Morgan fingerprint density at radius 3 is 2.69 bits per heavy atom. The summed E-state index contributed by atoms with van der Waals surface area (Å²) in [5.41, 5.74) is 5.05. The fourth-order valence-corrected chi connectivity index (χ4v) is 4.67. The molecule has 1 aliphatic rings. The average Bonchev–Trinajstić information content (AvgIpc) is 3.10. The number of allylic oxidation sites excluding steroid dienone is 1. The highest BCUT2D eigenvalue weighted by Gasteiger charge is 2.30. The highest BCUT2D eigenvalue weighted by molar-refractivity contribution is 5.83. The predicted molar refractivity (Wildman–Crippen MR) is 126 cm³/mol. The molecule has 1 unspecified atom stereocenters. The summed E-state index contributed by atoms with van der Waals surface area (Å²) in [5.74, 6) is 1.38. The molecule has 2 heterocycles. The van der Waals surface area contributed by atoms with Gasteiger partial charge in [-0.25, -0.2) is 0 Å². The molecule has 1 aromatic heterocycles. The van der Waals surface area contributed by atoms with Crippen LogP contribution in [0.25, 0.3) is 10.9 Å². The van der Waals surface area contributed by atoms with Gasteiger partial charge in [-0.2, -0.15) is 0 Å². The number of fused-ring (bicyclic) bond motifs is 1. The van der Waals surface area contributed by atoms with Crippen LogP contribution in [0.15, 0.2) is 55.0 Å². The molecule has 1 saturated heterocycles. The number of hydrogen-bond donors (Lipinski definition) is 3. The first-order valence-corrected chi connectivity index (χ1v) is 11.2. The van der Waals surface area contributed by atoms with E-state index in [4.69, 9.17) is 0 Å². The van der Waals surface area contributed by atoms with Crippen molar-refractivity contribution >= 4 is 10.9 Å². The van der Waals surface area contributed by atoms with Crippen molar-refractivity contribution in [1.29, 1.82) is 0 Å². The van der Waals surface area contributed by atoms with Crippen LogP contribution in [0.4, 0.5) is 0 Å². The second-order valence-corrected chi connectivity index (χ2v) is 9.71. The Bertz CT molecular complexity index is 845. The molecule has 3 rings (SSSR count). The summed E-state index contributed by atoms with van der Waals surface area (Å²) < 4.78 is 0. The summed E-state index contributed by atoms with van der Waals surface area (Å²) in [6, 6.07) is 8.65. The van der Waals surface area contributed by atoms with Crippen LogP contribution in [-0.4, -0.2) is 17.6 Å². The highest BCUT2D eigenvalue weighted by atomic mass is 15.0. The predicted octanol–water partition coefficient (Wildman–Crippen LogP) is 6.16. The van der Waals surface area contributed by atoms with Gasteiger partial charge in [0.25, 0.3) is 0 Å². The van der Waals surface area contributed by atoms with Crippen molar-refractivity contribution in [3.63, 3.8) is 0 Å². The summed E-state index contributed by atoms with van der Waals surface area (Å²) in [4.78, 5) is 3.40. The molecule has 3 N–H and O–H groups in total. The molecule has 0 saturated carbocycles. The molecule has 3 nitrogen and oxygen atoms in total. The second-order valence-electron chi connectivity index (χ2n) is 9.71. The fourth-order valence-electron chi connectivity index (χ4n) is 4.67. The molecule has 29 heavy (non-hydrogen) atoms. The number of hydrogen-bond acceptors (Lipinski definition) is 2. The Kier molecular flexibility index (Phi) is 6.77. The molecule has 158 valence electrons. The molecular weight excluding hydrogens is 354 g/mol. The van der Waals surface area contributed by atoms with Crippen molar-refractivity contribution in [2.75, 3.05) is 6.54 Å². The maximum atomic E-state index is 4.38. The summed E-state index contributed by atoms with van der Waals surface area (Å²) in [6.07, 6.45) is 7.63. The highest BCUT2D eigenvalue weighted by Crippen LogP contribution is 2.38. The van der Waals surface area contributed by atoms with Gasteiger partial charge in [-0.1, -0.05) is 59.1 Å². The monoisotopic (exact) mass is 393 g/mol.